The highest BCUT2D eigenvalue weighted by Gasteiger charge is 2.18. The van der Waals surface area contributed by atoms with Gasteiger partial charge in [-0.1, -0.05) is 35.4 Å². The molecule has 0 spiro atoms. The van der Waals surface area contributed by atoms with E-state index in [1.54, 1.807) is 0 Å². The molecule has 7 nitrogen and oxygen atoms in total. The van der Waals surface area contributed by atoms with Crippen molar-refractivity contribution in [2.45, 2.75) is 20.8 Å². The molecule has 0 saturated heterocycles. The summed E-state index contributed by atoms with van der Waals surface area (Å²) >= 11 is 0. The van der Waals surface area contributed by atoms with E-state index >= 15 is 0 Å². The van der Waals surface area contributed by atoms with Crippen molar-refractivity contribution in [3.8, 4) is 6.07 Å². The Morgan fingerprint density at radius 2 is 1.43 bits per heavy atom. The van der Waals surface area contributed by atoms with Crippen LogP contribution in [0.1, 0.15) is 22.3 Å². The Balaban J connectivity index is 2.09. The summed E-state index contributed by atoms with van der Waals surface area (Å²) in [6.45, 7) is 9.30. The smallest absolute Gasteiger partial charge is 0.339 e. The number of pyridine rings is 1. The van der Waals surface area contributed by atoms with Gasteiger partial charge in [-0.3, -0.25) is 0 Å². The van der Waals surface area contributed by atoms with Gasteiger partial charge >= 0.3 is 7.55 Å². The average Bonchev–Trinajstić information content (AvgIpc) is 2.74. The monoisotopic (exact) mass is 395 g/mol. The minimum Gasteiger partial charge on any atom is -0.339 e. The van der Waals surface area contributed by atoms with E-state index in [0.29, 0.717) is 28.5 Å². The lowest BCUT2D eigenvalue weighted by Gasteiger charge is -2.16. The molecule has 0 aliphatic carbocycles. The summed E-state index contributed by atoms with van der Waals surface area (Å²) in [6.07, 6.45) is 0. The fourth-order valence-corrected chi connectivity index (χ4v) is 2.83. The fraction of sp³-hybridized carbons (Fsp3) is 0.136. The minimum absolute atomic E-state index is 0.134. The van der Waals surface area contributed by atoms with Gasteiger partial charge in [0.1, 0.15) is 11.8 Å². The van der Waals surface area contributed by atoms with E-state index in [9.17, 15) is 5.26 Å². The molecule has 2 aromatic carbocycles. The molecule has 0 aliphatic heterocycles. The van der Waals surface area contributed by atoms with Gasteiger partial charge in [0, 0.05) is 16.9 Å². The number of anilines is 4. The van der Waals surface area contributed by atoms with Crippen LogP contribution < -0.4 is 10.6 Å². The van der Waals surface area contributed by atoms with Crippen LogP contribution in [-0.2, 0) is 0 Å². The predicted octanol–water partition coefficient (Wildman–Crippen LogP) is 5.42. The van der Waals surface area contributed by atoms with E-state index in [4.69, 9.17) is 0 Å². The molecular weight excluding hydrogens is 373 g/mol. The molecule has 0 radical (unpaired) electrons. The van der Waals surface area contributed by atoms with Crippen molar-refractivity contribution in [2.24, 2.45) is 15.0 Å². The Morgan fingerprint density at radius 3 is 1.93 bits per heavy atom. The highest BCUT2D eigenvalue weighted by atomic mass is 15.1. The SMILES string of the molecule is C=NBN=Nc1c(Nc2ccc(C)cc2)nc(Nc2ccc(C)cc2)c(C#N)c1C. The van der Waals surface area contributed by atoms with Crippen molar-refractivity contribution in [3.63, 3.8) is 0 Å². The number of aromatic nitrogens is 1. The Morgan fingerprint density at radius 1 is 0.900 bits per heavy atom. The number of nitriles is 1. The second kappa shape index (κ2) is 9.48. The van der Waals surface area contributed by atoms with Crippen molar-refractivity contribution in [1.29, 1.82) is 5.26 Å². The fourth-order valence-electron chi connectivity index (χ4n) is 2.83. The van der Waals surface area contributed by atoms with Gasteiger partial charge in [-0.25, -0.2) is 10.0 Å². The van der Waals surface area contributed by atoms with Gasteiger partial charge in [-0.15, -0.1) is 0 Å². The lowest BCUT2D eigenvalue weighted by molar-refractivity contribution is 1.18. The molecule has 30 heavy (non-hydrogen) atoms. The summed E-state index contributed by atoms with van der Waals surface area (Å²) in [7, 11) is 0.134. The van der Waals surface area contributed by atoms with Gasteiger partial charge in [0.15, 0.2) is 11.6 Å². The average molecular weight is 395 g/mol. The van der Waals surface area contributed by atoms with Gasteiger partial charge in [-0.2, -0.15) is 10.4 Å². The second-order valence-corrected chi connectivity index (χ2v) is 6.86. The minimum atomic E-state index is 0.134. The van der Waals surface area contributed by atoms with Crippen LogP contribution in [0.3, 0.4) is 0 Å². The number of hydrogen-bond acceptors (Lipinski definition) is 7. The molecule has 0 unspecified atom stereocenters. The molecule has 0 saturated carbocycles. The predicted molar refractivity (Wildman–Crippen MR) is 124 cm³/mol. The van der Waals surface area contributed by atoms with Crippen molar-refractivity contribution in [2.75, 3.05) is 10.6 Å². The zero-order chi connectivity index (χ0) is 21.5. The maximum atomic E-state index is 9.78. The number of aryl methyl sites for hydroxylation is 2. The molecule has 0 atom stereocenters. The number of hydrogen-bond donors (Lipinski definition) is 2. The van der Waals surface area contributed by atoms with E-state index in [2.05, 4.69) is 43.4 Å². The molecule has 1 heterocycles. The number of rotatable bonds is 7. The van der Waals surface area contributed by atoms with Crippen LogP contribution in [0.2, 0.25) is 0 Å². The summed E-state index contributed by atoms with van der Waals surface area (Å²) in [5.41, 5.74) is 5.58. The molecule has 2 N–H and O–H groups in total. The molecule has 3 rings (SSSR count). The van der Waals surface area contributed by atoms with Crippen molar-refractivity contribution in [3.05, 3.63) is 70.8 Å². The number of benzene rings is 2. The van der Waals surface area contributed by atoms with Crippen LogP contribution in [-0.4, -0.2) is 19.3 Å². The Bertz CT molecular complexity index is 1110. The van der Waals surface area contributed by atoms with Crippen LogP contribution >= 0.6 is 0 Å². The van der Waals surface area contributed by atoms with E-state index in [1.807, 2.05) is 69.3 Å². The second-order valence-electron chi connectivity index (χ2n) is 6.86. The van der Waals surface area contributed by atoms with Gasteiger partial charge in [0.2, 0.25) is 0 Å². The maximum Gasteiger partial charge on any atom is 0.420 e. The molecule has 0 bridgehead atoms. The summed E-state index contributed by atoms with van der Waals surface area (Å²) in [6, 6.07) is 18.1. The first kappa shape index (κ1) is 20.7. The van der Waals surface area contributed by atoms with E-state index in [-0.39, 0.29) is 7.55 Å². The summed E-state index contributed by atoms with van der Waals surface area (Å²) in [5.74, 6) is 0.951. The third-order valence-electron chi connectivity index (χ3n) is 4.49. The first-order valence-corrected chi connectivity index (χ1v) is 9.44. The molecule has 3 aromatic rings. The molecule has 1 aromatic heterocycles. The van der Waals surface area contributed by atoms with Crippen LogP contribution in [0.5, 0.6) is 0 Å². The van der Waals surface area contributed by atoms with Crippen LogP contribution in [0, 0.1) is 32.1 Å². The topological polar surface area (TPSA) is 97.8 Å². The van der Waals surface area contributed by atoms with Crippen molar-refractivity contribution in [1.82, 2.24) is 4.98 Å². The van der Waals surface area contributed by atoms with Crippen LogP contribution in [0.25, 0.3) is 0 Å². The molecule has 8 heteroatoms. The Kier molecular flexibility index (Phi) is 6.55. The first-order valence-electron chi connectivity index (χ1n) is 9.44. The van der Waals surface area contributed by atoms with E-state index in [1.165, 1.54) is 0 Å². The Labute approximate surface area is 176 Å². The van der Waals surface area contributed by atoms with E-state index < -0.39 is 0 Å². The van der Waals surface area contributed by atoms with Crippen molar-refractivity contribution < 1.29 is 0 Å². The standard InChI is InChI=1S/C22H22BN7/c1-14-5-9-17(10-6-14)26-21-19(13-24)16(3)20(29-30-23-25-4)22(28-21)27-18-11-7-15(2)8-12-18/h5-12,23H,4H2,1-3H3,(H2,26,27,28). The largest absolute Gasteiger partial charge is 0.420 e. The molecular formula is C22H22BN7. The van der Waals surface area contributed by atoms with Crippen LogP contribution in [0.4, 0.5) is 28.7 Å². The molecule has 148 valence electrons. The zero-order valence-electron chi connectivity index (χ0n) is 17.3. The van der Waals surface area contributed by atoms with Gasteiger partial charge in [-0.05, 0) is 51.8 Å². The molecule has 0 fully saturated rings. The lowest BCUT2D eigenvalue weighted by Crippen LogP contribution is -2.04. The van der Waals surface area contributed by atoms with Gasteiger partial charge < -0.3 is 15.5 Å². The molecule has 0 aliphatic rings. The lowest BCUT2D eigenvalue weighted by atomic mass is 10.1. The maximum absolute atomic E-state index is 9.78. The van der Waals surface area contributed by atoms with Gasteiger partial charge in [0.25, 0.3) is 0 Å². The normalized spacial score (nSPS) is 10.5. The third kappa shape index (κ3) is 4.89. The highest BCUT2D eigenvalue weighted by molar-refractivity contribution is 6.31. The summed E-state index contributed by atoms with van der Waals surface area (Å²) < 4.78 is 0. The van der Waals surface area contributed by atoms with Crippen LogP contribution in [0.15, 0.2) is 63.6 Å². The molecule has 0 amide bonds. The number of nitrogens with one attached hydrogen (secondary N) is 2. The quantitative estimate of drug-likeness (QED) is 0.317. The van der Waals surface area contributed by atoms with E-state index in [0.717, 1.165) is 22.5 Å². The summed E-state index contributed by atoms with van der Waals surface area (Å²) in [5, 5.41) is 24.6. The summed E-state index contributed by atoms with van der Waals surface area (Å²) in [4.78, 5) is 8.37. The zero-order valence-corrected chi connectivity index (χ0v) is 17.3. The third-order valence-corrected chi connectivity index (χ3v) is 4.49. The Hall–Kier alpha value is -3.99. The van der Waals surface area contributed by atoms with Crippen molar-refractivity contribution >= 4 is 43.0 Å². The first-order chi connectivity index (χ1) is 14.5. The van der Waals surface area contributed by atoms with Gasteiger partial charge in [0.05, 0.1) is 5.56 Å². The highest BCUT2D eigenvalue weighted by Crippen LogP contribution is 2.36. The number of nitrogens with zero attached hydrogens (tertiary/aromatic N) is 5.